The van der Waals surface area contributed by atoms with Crippen LogP contribution in [0.1, 0.15) is 6.42 Å². The Bertz CT molecular complexity index is 134. The van der Waals surface area contributed by atoms with Gasteiger partial charge >= 0.3 is 5.97 Å². The van der Waals surface area contributed by atoms with Crippen molar-refractivity contribution < 1.29 is 9.90 Å². The van der Waals surface area contributed by atoms with Crippen molar-refractivity contribution in [1.29, 1.82) is 0 Å². The van der Waals surface area contributed by atoms with Crippen LogP contribution in [0.5, 0.6) is 0 Å². The maximum Gasteiger partial charge on any atom is 0.320 e. The van der Waals surface area contributed by atoms with Gasteiger partial charge < -0.3 is 16.2 Å². The highest BCUT2D eigenvalue weighted by Gasteiger charge is 2.26. The molecule has 2 atom stereocenters. The van der Waals surface area contributed by atoms with E-state index < -0.39 is 12.0 Å². The lowest BCUT2D eigenvalue weighted by Gasteiger charge is -2.00. The number of aliphatic carboxylic acids is 1. The third-order valence-electron chi connectivity index (χ3n) is 1.46. The number of nitrogens with one attached hydrogen (secondary N) is 1. The first-order chi connectivity index (χ1) is 4.20. The predicted molar refractivity (Wildman–Crippen MR) is 46.5 cm³/mol. The molecule has 1 heterocycles. The summed E-state index contributed by atoms with van der Waals surface area (Å²) in [7, 11) is 0. The maximum absolute atomic E-state index is 10.2. The Labute approximate surface area is 77.3 Å². The lowest BCUT2D eigenvalue weighted by Crippen LogP contribution is -2.30. The van der Waals surface area contributed by atoms with Crippen LogP contribution in [0.4, 0.5) is 0 Å². The lowest BCUT2D eigenvalue weighted by atomic mass is 10.2. The summed E-state index contributed by atoms with van der Waals surface area (Å²) in [4.78, 5) is 10.2. The van der Waals surface area contributed by atoms with E-state index in [0.29, 0.717) is 13.0 Å². The summed E-state index contributed by atoms with van der Waals surface area (Å²) in [6.07, 6.45) is 0.551. The molecule has 4 nitrogen and oxygen atoms in total. The Morgan fingerprint density at radius 3 is 2.27 bits per heavy atom. The number of carboxylic acids is 1. The standard InChI is InChI=1S/C5H10N2O2.2ClH/c6-3-1-4(5(8)9)7-2-3;;/h3-4,7H,1-2,6H2,(H,8,9);2*1H. The molecule has 6 heteroatoms. The van der Waals surface area contributed by atoms with Crippen LogP contribution in [-0.2, 0) is 4.79 Å². The predicted octanol–water partition coefficient (Wildman–Crippen LogP) is -0.396. The largest absolute Gasteiger partial charge is 0.480 e. The van der Waals surface area contributed by atoms with Gasteiger partial charge in [0.15, 0.2) is 0 Å². The third-order valence-corrected chi connectivity index (χ3v) is 1.46. The quantitative estimate of drug-likeness (QED) is 0.542. The van der Waals surface area contributed by atoms with Gasteiger partial charge in [0.25, 0.3) is 0 Å². The van der Waals surface area contributed by atoms with E-state index in [0.717, 1.165) is 0 Å². The summed E-state index contributed by atoms with van der Waals surface area (Å²) < 4.78 is 0. The van der Waals surface area contributed by atoms with E-state index in [1.807, 2.05) is 0 Å². The van der Waals surface area contributed by atoms with Crippen molar-refractivity contribution in [3.63, 3.8) is 0 Å². The Morgan fingerprint density at radius 1 is 1.55 bits per heavy atom. The Morgan fingerprint density at radius 2 is 2.09 bits per heavy atom. The highest BCUT2D eigenvalue weighted by molar-refractivity contribution is 5.85. The van der Waals surface area contributed by atoms with Crippen LogP contribution in [0.25, 0.3) is 0 Å². The molecule has 0 saturated carbocycles. The molecule has 1 aliphatic rings. The molecule has 0 radical (unpaired) electrons. The van der Waals surface area contributed by atoms with Gasteiger partial charge in [0, 0.05) is 12.6 Å². The first kappa shape index (κ1) is 13.6. The van der Waals surface area contributed by atoms with E-state index >= 15 is 0 Å². The van der Waals surface area contributed by atoms with E-state index in [1.165, 1.54) is 0 Å². The first-order valence-electron chi connectivity index (χ1n) is 2.92. The molecule has 1 fully saturated rings. The second-order valence-electron chi connectivity index (χ2n) is 2.29. The van der Waals surface area contributed by atoms with Gasteiger partial charge in [-0.25, -0.2) is 0 Å². The summed E-state index contributed by atoms with van der Waals surface area (Å²) in [5, 5.41) is 11.2. The average Bonchev–Trinajstić information content (AvgIpc) is 2.14. The van der Waals surface area contributed by atoms with Crippen molar-refractivity contribution in [1.82, 2.24) is 5.32 Å². The highest BCUT2D eigenvalue weighted by Crippen LogP contribution is 2.03. The summed E-state index contributed by atoms with van der Waals surface area (Å²) in [6, 6.07) is -0.397. The maximum atomic E-state index is 10.2. The van der Waals surface area contributed by atoms with Crippen molar-refractivity contribution >= 4 is 30.8 Å². The van der Waals surface area contributed by atoms with Crippen molar-refractivity contribution in [2.24, 2.45) is 5.73 Å². The van der Waals surface area contributed by atoms with Gasteiger partial charge in [-0.05, 0) is 6.42 Å². The molecule has 0 bridgehead atoms. The molecule has 68 valence electrons. The molecule has 1 rings (SSSR count). The number of carbonyl (C=O) groups is 1. The normalized spacial score (nSPS) is 28.5. The number of halogens is 2. The smallest absolute Gasteiger partial charge is 0.320 e. The van der Waals surface area contributed by atoms with Crippen LogP contribution in [0.3, 0.4) is 0 Å². The van der Waals surface area contributed by atoms with Crippen LogP contribution >= 0.6 is 24.8 Å². The average molecular weight is 203 g/mol. The van der Waals surface area contributed by atoms with Gasteiger partial charge in [-0.2, -0.15) is 0 Å². The summed E-state index contributed by atoms with van der Waals surface area (Å²) in [6.45, 7) is 0.622. The summed E-state index contributed by atoms with van der Waals surface area (Å²) in [5.74, 6) is -0.803. The molecule has 0 aromatic carbocycles. The lowest BCUT2D eigenvalue weighted by molar-refractivity contribution is -0.139. The molecule has 0 amide bonds. The second-order valence-corrected chi connectivity index (χ2v) is 2.29. The van der Waals surface area contributed by atoms with Crippen LogP contribution in [0.15, 0.2) is 0 Å². The zero-order chi connectivity index (χ0) is 6.85. The molecule has 11 heavy (non-hydrogen) atoms. The Balaban J connectivity index is 0. The van der Waals surface area contributed by atoms with E-state index in [9.17, 15) is 4.79 Å². The van der Waals surface area contributed by atoms with Crippen LogP contribution in [0.2, 0.25) is 0 Å². The topological polar surface area (TPSA) is 75.3 Å². The highest BCUT2D eigenvalue weighted by atomic mass is 35.5. The number of carboxylic acid groups (broad SMARTS) is 1. The Kier molecular flexibility index (Phi) is 6.90. The molecular weight excluding hydrogens is 191 g/mol. The zero-order valence-electron chi connectivity index (χ0n) is 5.82. The van der Waals surface area contributed by atoms with Crippen molar-refractivity contribution in [2.45, 2.75) is 18.5 Å². The molecule has 1 aliphatic heterocycles. The van der Waals surface area contributed by atoms with Crippen molar-refractivity contribution in [3.05, 3.63) is 0 Å². The van der Waals surface area contributed by atoms with Crippen LogP contribution in [0, 0.1) is 0 Å². The summed E-state index contributed by atoms with van der Waals surface area (Å²) in [5.41, 5.74) is 5.44. The monoisotopic (exact) mass is 202 g/mol. The van der Waals surface area contributed by atoms with Gasteiger partial charge in [-0.15, -0.1) is 24.8 Å². The Hall–Kier alpha value is -0.0300. The minimum Gasteiger partial charge on any atom is -0.480 e. The molecule has 1 saturated heterocycles. The van der Waals surface area contributed by atoms with E-state index in [-0.39, 0.29) is 30.9 Å². The minimum atomic E-state index is -0.803. The zero-order valence-corrected chi connectivity index (χ0v) is 7.45. The molecule has 0 aliphatic carbocycles. The molecule has 4 N–H and O–H groups in total. The molecular formula is C5H12Cl2N2O2. The third kappa shape index (κ3) is 3.76. The van der Waals surface area contributed by atoms with Crippen molar-refractivity contribution in [2.75, 3.05) is 6.54 Å². The summed E-state index contributed by atoms with van der Waals surface area (Å²) >= 11 is 0. The molecule has 2 unspecified atom stereocenters. The minimum absolute atomic E-state index is 0. The van der Waals surface area contributed by atoms with Gasteiger partial charge in [0.2, 0.25) is 0 Å². The molecule has 0 aromatic heterocycles. The van der Waals surface area contributed by atoms with Crippen molar-refractivity contribution in [3.8, 4) is 0 Å². The van der Waals surface area contributed by atoms with Crippen LogP contribution in [-0.4, -0.2) is 29.7 Å². The fraction of sp³-hybridized carbons (Fsp3) is 0.800. The van der Waals surface area contributed by atoms with Gasteiger partial charge in [-0.1, -0.05) is 0 Å². The number of hydrogen-bond acceptors (Lipinski definition) is 3. The van der Waals surface area contributed by atoms with Gasteiger partial charge in [0.05, 0.1) is 0 Å². The molecule has 0 spiro atoms. The first-order valence-corrected chi connectivity index (χ1v) is 2.92. The number of hydrogen-bond donors (Lipinski definition) is 3. The second kappa shape index (κ2) is 5.60. The number of nitrogens with two attached hydrogens (primary N) is 1. The number of rotatable bonds is 1. The van der Waals surface area contributed by atoms with Gasteiger partial charge in [-0.3, -0.25) is 4.79 Å². The van der Waals surface area contributed by atoms with E-state index in [1.54, 1.807) is 0 Å². The van der Waals surface area contributed by atoms with Gasteiger partial charge in [0.1, 0.15) is 6.04 Å². The fourth-order valence-electron chi connectivity index (χ4n) is 0.951. The van der Waals surface area contributed by atoms with E-state index in [2.05, 4.69) is 5.32 Å². The fourth-order valence-corrected chi connectivity index (χ4v) is 0.951. The van der Waals surface area contributed by atoms with E-state index in [4.69, 9.17) is 10.8 Å². The SMILES string of the molecule is Cl.Cl.NC1CNC(C(=O)O)C1. The van der Waals surface area contributed by atoms with Crippen LogP contribution < -0.4 is 11.1 Å². The molecule has 0 aromatic rings.